The molecule has 3 rings (SSSR count). The average molecular weight is 402 g/mol. The van der Waals surface area contributed by atoms with Crippen molar-refractivity contribution >= 4 is 11.8 Å². The molecule has 0 amide bonds. The van der Waals surface area contributed by atoms with Crippen LogP contribution in [0.25, 0.3) is 0 Å². The first-order chi connectivity index (χ1) is 14.4. The predicted octanol–water partition coefficient (Wildman–Crippen LogP) is 5.09. The molecule has 0 N–H and O–H groups in total. The first-order valence-corrected chi connectivity index (χ1v) is 9.99. The first-order valence-electron chi connectivity index (χ1n) is 9.99. The van der Waals surface area contributed by atoms with Crippen molar-refractivity contribution in [3.8, 4) is 5.75 Å². The molecule has 0 fully saturated rings. The molecule has 0 aliphatic carbocycles. The number of ketones is 1. The molecule has 0 aliphatic heterocycles. The maximum atomic E-state index is 12.6. The first kappa shape index (κ1) is 21.3. The molecule has 154 valence electrons. The zero-order valence-corrected chi connectivity index (χ0v) is 17.6. The third-order valence-electron chi connectivity index (χ3n) is 5.02. The molecular weight excluding hydrogens is 376 g/mol. The van der Waals surface area contributed by atoms with Gasteiger partial charge in [0.1, 0.15) is 5.75 Å². The van der Waals surface area contributed by atoms with Gasteiger partial charge in [-0.3, -0.25) is 4.79 Å². The van der Waals surface area contributed by atoms with Gasteiger partial charge in [-0.05, 0) is 55.2 Å². The van der Waals surface area contributed by atoms with E-state index in [1.807, 2.05) is 80.6 Å². The number of benzene rings is 3. The van der Waals surface area contributed by atoms with Gasteiger partial charge in [-0.1, -0.05) is 60.7 Å². The highest BCUT2D eigenvalue weighted by atomic mass is 16.6. The van der Waals surface area contributed by atoms with E-state index < -0.39 is 12.1 Å². The zero-order valence-electron chi connectivity index (χ0n) is 17.6. The summed E-state index contributed by atoms with van der Waals surface area (Å²) >= 11 is 0. The summed E-state index contributed by atoms with van der Waals surface area (Å²) in [4.78, 5) is 24.8. The Morgan fingerprint density at radius 3 is 2.30 bits per heavy atom. The molecule has 0 heterocycles. The van der Waals surface area contributed by atoms with Crippen LogP contribution in [0, 0.1) is 13.8 Å². The number of hydrogen-bond acceptors (Lipinski definition) is 4. The van der Waals surface area contributed by atoms with E-state index in [2.05, 4.69) is 0 Å². The SMILES string of the molecule is Cc1ccc(C(=O)[C@@H](C)OC(=O)COc2ccccc2Cc2ccccc2)cc1C. The van der Waals surface area contributed by atoms with Crippen LogP contribution in [-0.2, 0) is 16.0 Å². The van der Waals surface area contributed by atoms with Gasteiger partial charge in [-0.2, -0.15) is 0 Å². The van der Waals surface area contributed by atoms with E-state index in [-0.39, 0.29) is 12.4 Å². The number of aryl methyl sites for hydroxylation is 2. The van der Waals surface area contributed by atoms with Crippen molar-refractivity contribution < 1.29 is 19.1 Å². The standard InChI is InChI=1S/C26H26O4/c1-18-13-14-23(15-19(18)2)26(28)20(3)30-25(27)17-29-24-12-8-7-11-22(24)16-21-9-5-4-6-10-21/h4-15,20H,16-17H2,1-3H3/t20-/m1/s1. The lowest BCUT2D eigenvalue weighted by Gasteiger charge is -2.15. The summed E-state index contributed by atoms with van der Waals surface area (Å²) in [5.41, 5.74) is 4.81. The number of esters is 1. The Morgan fingerprint density at radius 1 is 0.867 bits per heavy atom. The number of Topliss-reactive ketones (excluding diaryl/α,β-unsaturated/α-hetero) is 1. The third kappa shape index (κ3) is 5.57. The Hall–Kier alpha value is -3.40. The lowest BCUT2D eigenvalue weighted by atomic mass is 10.0. The van der Waals surface area contributed by atoms with Gasteiger partial charge in [0.2, 0.25) is 5.78 Å². The Morgan fingerprint density at radius 2 is 1.57 bits per heavy atom. The van der Waals surface area contributed by atoms with E-state index >= 15 is 0 Å². The van der Waals surface area contributed by atoms with Crippen molar-refractivity contribution in [3.05, 3.63) is 101 Å². The summed E-state index contributed by atoms with van der Waals surface area (Å²) in [7, 11) is 0. The maximum absolute atomic E-state index is 12.6. The molecule has 4 nitrogen and oxygen atoms in total. The van der Waals surface area contributed by atoms with Crippen molar-refractivity contribution in [3.63, 3.8) is 0 Å². The predicted molar refractivity (Wildman–Crippen MR) is 117 cm³/mol. The normalized spacial score (nSPS) is 11.6. The highest BCUT2D eigenvalue weighted by molar-refractivity contribution is 6.00. The van der Waals surface area contributed by atoms with Crippen LogP contribution in [0.4, 0.5) is 0 Å². The van der Waals surface area contributed by atoms with Crippen LogP contribution in [0.5, 0.6) is 5.75 Å². The minimum Gasteiger partial charge on any atom is -0.482 e. The fraction of sp³-hybridized carbons (Fsp3) is 0.231. The summed E-state index contributed by atoms with van der Waals surface area (Å²) in [6.07, 6.45) is -0.170. The molecule has 0 aromatic heterocycles. The lowest BCUT2D eigenvalue weighted by Crippen LogP contribution is -2.27. The van der Waals surface area contributed by atoms with E-state index in [0.717, 1.165) is 22.3 Å². The monoisotopic (exact) mass is 402 g/mol. The smallest absolute Gasteiger partial charge is 0.344 e. The molecule has 30 heavy (non-hydrogen) atoms. The van der Waals surface area contributed by atoms with Gasteiger partial charge in [0, 0.05) is 12.0 Å². The highest BCUT2D eigenvalue weighted by Gasteiger charge is 2.20. The molecular formula is C26H26O4. The summed E-state index contributed by atoms with van der Waals surface area (Å²) in [6, 6.07) is 23.1. The molecule has 0 radical (unpaired) electrons. The summed E-state index contributed by atoms with van der Waals surface area (Å²) in [5, 5.41) is 0. The number of rotatable bonds is 8. The second-order valence-corrected chi connectivity index (χ2v) is 7.35. The van der Waals surface area contributed by atoms with Crippen LogP contribution in [0.3, 0.4) is 0 Å². The van der Waals surface area contributed by atoms with Crippen LogP contribution in [0.1, 0.15) is 39.5 Å². The van der Waals surface area contributed by atoms with Crippen LogP contribution in [0.2, 0.25) is 0 Å². The van der Waals surface area contributed by atoms with Crippen molar-refractivity contribution in [2.75, 3.05) is 6.61 Å². The molecule has 4 heteroatoms. The second-order valence-electron chi connectivity index (χ2n) is 7.35. The molecule has 0 aliphatic rings. The van der Waals surface area contributed by atoms with Gasteiger partial charge >= 0.3 is 5.97 Å². The molecule has 0 saturated carbocycles. The molecule has 0 bridgehead atoms. The average Bonchev–Trinajstić information content (AvgIpc) is 2.75. The van der Waals surface area contributed by atoms with Gasteiger partial charge in [-0.25, -0.2) is 4.79 Å². The molecule has 1 atom stereocenters. The zero-order chi connectivity index (χ0) is 21.5. The minimum absolute atomic E-state index is 0.226. The van der Waals surface area contributed by atoms with Crippen LogP contribution < -0.4 is 4.74 Å². The van der Waals surface area contributed by atoms with E-state index in [9.17, 15) is 9.59 Å². The van der Waals surface area contributed by atoms with Gasteiger partial charge in [-0.15, -0.1) is 0 Å². The van der Waals surface area contributed by atoms with Crippen LogP contribution in [-0.4, -0.2) is 24.5 Å². The van der Waals surface area contributed by atoms with Crippen molar-refractivity contribution in [1.82, 2.24) is 0 Å². The quantitative estimate of drug-likeness (QED) is 0.389. The third-order valence-corrected chi connectivity index (χ3v) is 5.02. The molecule has 3 aromatic carbocycles. The van der Waals surface area contributed by atoms with Gasteiger partial charge in [0.05, 0.1) is 0 Å². The number of ether oxygens (including phenoxy) is 2. The number of hydrogen-bond donors (Lipinski definition) is 0. The van der Waals surface area contributed by atoms with Crippen molar-refractivity contribution in [2.45, 2.75) is 33.3 Å². The molecule has 0 spiro atoms. The van der Waals surface area contributed by atoms with E-state index in [4.69, 9.17) is 9.47 Å². The van der Waals surface area contributed by atoms with E-state index in [0.29, 0.717) is 17.7 Å². The lowest BCUT2D eigenvalue weighted by molar-refractivity contribution is -0.148. The van der Waals surface area contributed by atoms with Gasteiger partial charge in [0.15, 0.2) is 12.7 Å². The summed E-state index contributed by atoms with van der Waals surface area (Å²) in [6.45, 7) is 5.26. The number of carbonyl (C=O) groups is 2. The Kier molecular flexibility index (Phi) is 7.02. The van der Waals surface area contributed by atoms with Crippen molar-refractivity contribution in [1.29, 1.82) is 0 Å². The Labute approximate surface area is 177 Å². The molecule has 3 aromatic rings. The fourth-order valence-electron chi connectivity index (χ4n) is 3.16. The maximum Gasteiger partial charge on any atom is 0.344 e. The Balaban J connectivity index is 1.58. The Bertz CT molecular complexity index is 1020. The van der Waals surface area contributed by atoms with Gasteiger partial charge < -0.3 is 9.47 Å². The van der Waals surface area contributed by atoms with Crippen LogP contribution in [0.15, 0.2) is 72.8 Å². The van der Waals surface area contributed by atoms with Crippen molar-refractivity contribution in [2.24, 2.45) is 0 Å². The molecule has 0 unspecified atom stereocenters. The topological polar surface area (TPSA) is 52.6 Å². The van der Waals surface area contributed by atoms with Gasteiger partial charge in [0.25, 0.3) is 0 Å². The van der Waals surface area contributed by atoms with E-state index in [1.54, 1.807) is 13.0 Å². The highest BCUT2D eigenvalue weighted by Crippen LogP contribution is 2.21. The fourth-order valence-corrected chi connectivity index (χ4v) is 3.16. The number of carbonyl (C=O) groups excluding carboxylic acids is 2. The minimum atomic E-state index is -0.872. The van der Waals surface area contributed by atoms with Crippen LogP contribution >= 0.6 is 0 Å². The second kappa shape index (κ2) is 9.88. The summed E-state index contributed by atoms with van der Waals surface area (Å²) < 4.78 is 11.0. The summed E-state index contributed by atoms with van der Waals surface area (Å²) in [5.74, 6) is -0.170. The number of para-hydroxylation sites is 1. The largest absolute Gasteiger partial charge is 0.482 e. The van der Waals surface area contributed by atoms with E-state index in [1.165, 1.54) is 0 Å². The molecule has 0 saturated heterocycles.